The zero-order valence-corrected chi connectivity index (χ0v) is 14.6. The number of nitrogens with zero attached hydrogens (tertiary/aromatic N) is 2. The van der Waals surface area contributed by atoms with Gasteiger partial charge in [-0.2, -0.15) is 5.26 Å². The van der Waals surface area contributed by atoms with Gasteiger partial charge < -0.3 is 10.5 Å². The summed E-state index contributed by atoms with van der Waals surface area (Å²) in [5.41, 5.74) is 7.40. The molecule has 4 rings (SSSR count). The third-order valence-electron chi connectivity index (χ3n) is 4.62. The predicted molar refractivity (Wildman–Crippen MR) is 101 cm³/mol. The lowest BCUT2D eigenvalue weighted by Crippen LogP contribution is -2.21. The van der Waals surface area contributed by atoms with Crippen molar-refractivity contribution in [1.82, 2.24) is 0 Å². The van der Waals surface area contributed by atoms with E-state index in [2.05, 4.69) is 6.07 Å². The predicted octanol–water partition coefficient (Wildman–Crippen LogP) is 4.62. The molecule has 2 N–H and O–H groups in total. The van der Waals surface area contributed by atoms with Crippen LogP contribution >= 0.6 is 11.6 Å². The second kappa shape index (κ2) is 6.31. The maximum absolute atomic E-state index is 11.0. The second-order valence-electron chi connectivity index (χ2n) is 6.09. The highest BCUT2D eigenvalue weighted by Gasteiger charge is 2.33. The molecule has 3 aromatic rings. The Morgan fingerprint density at radius 3 is 2.67 bits per heavy atom. The second-order valence-corrected chi connectivity index (χ2v) is 6.49. The van der Waals surface area contributed by atoms with Crippen LogP contribution in [0.5, 0.6) is 5.75 Å². The van der Waals surface area contributed by atoms with Gasteiger partial charge in [0, 0.05) is 17.7 Å². The molecule has 132 valence electrons. The molecular formula is C20H12ClN3O3. The average molecular weight is 378 g/mol. The topological polar surface area (TPSA) is 102 Å². The van der Waals surface area contributed by atoms with Crippen LogP contribution in [0.1, 0.15) is 17.0 Å². The normalized spacial score (nSPS) is 15.8. The Balaban J connectivity index is 2.04. The molecule has 0 saturated carbocycles. The molecule has 0 spiro atoms. The SMILES string of the molecule is N#CC1=C(N)Oc2ccc3ccccc3c2[C@H]1c1ccc([N+](=O)[O-])cc1Cl. The summed E-state index contributed by atoms with van der Waals surface area (Å²) in [5.74, 6) is -0.0533. The summed E-state index contributed by atoms with van der Waals surface area (Å²) in [4.78, 5) is 10.5. The summed E-state index contributed by atoms with van der Waals surface area (Å²) < 4.78 is 5.68. The van der Waals surface area contributed by atoms with E-state index in [0.29, 0.717) is 11.3 Å². The summed E-state index contributed by atoms with van der Waals surface area (Å²) in [6.07, 6.45) is 0. The van der Waals surface area contributed by atoms with Crippen molar-refractivity contribution in [3.05, 3.63) is 92.3 Å². The molecule has 1 atom stereocenters. The van der Waals surface area contributed by atoms with Crippen LogP contribution in [0.25, 0.3) is 10.8 Å². The Morgan fingerprint density at radius 2 is 1.96 bits per heavy atom. The molecule has 0 amide bonds. The molecule has 0 aliphatic carbocycles. The van der Waals surface area contributed by atoms with Crippen LogP contribution in [-0.2, 0) is 0 Å². The number of non-ortho nitro benzene ring substituents is 1. The van der Waals surface area contributed by atoms with E-state index in [1.54, 1.807) is 12.1 Å². The Morgan fingerprint density at radius 1 is 1.19 bits per heavy atom. The molecule has 3 aromatic carbocycles. The van der Waals surface area contributed by atoms with Gasteiger partial charge in [-0.15, -0.1) is 0 Å². The molecule has 0 aromatic heterocycles. The van der Waals surface area contributed by atoms with E-state index in [4.69, 9.17) is 22.1 Å². The maximum atomic E-state index is 11.0. The number of rotatable bonds is 2. The number of nitro benzene ring substituents is 1. The van der Waals surface area contributed by atoms with Crippen molar-refractivity contribution in [2.24, 2.45) is 5.73 Å². The molecule has 27 heavy (non-hydrogen) atoms. The number of nitriles is 1. The van der Waals surface area contributed by atoms with Crippen molar-refractivity contribution in [2.75, 3.05) is 0 Å². The average Bonchev–Trinajstić information content (AvgIpc) is 2.66. The Kier molecular flexibility index (Phi) is 3.94. The van der Waals surface area contributed by atoms with Crippen molar-refractivity contribution >= 4 is 28.1 Å². The highest BCUT2D eigenvalue weighted by molar-refractivity contribution is 6.31. The molecule has 0 unspecified atom stereocenters. The number of nitro groups is 1. The number of nitrogens with two attached hydrogens (primary N) is 1. The highest BCUT2D eigenvalue weighted by atomic mass is 35.5. The number of allylic oxidation sites excluding steroid dienone is 1. The Bertz CT molecular complexity index is 1180. The fraction of sp³-hybridized carbons (Fsp3) is 0.0500. The van der Waals surface area contributed by atoms with Crippen LogP contribution in [0.15, 0.2) is 66.1 Å². The van der Waals surface area contributed by atoms with E-state index in [0.717, 1.165) is 16.3 Å². The van der Waals surface area contributed by atoms with Crippen molar-refractivity contribution in [3.8, 4) is 11.8 Å². The Labute approximate surface area is 159 Å². The van der Waals surface area contributed by atoms with Crippen LogP contribution in [0, 0.1) is 21.4 Å². The van der Waals surface area contributed by atoms with Gasteiger partial charge in [0.15, 0.2) is 0 Å². The minimum atomic E-state index is -0.585. The van der Waals surface area contributed by atoms with Gasteiger partial charge in [-0.25, -0.2) is 0 Å². The minimum absolute atomic E-state index is 0.000277. The third kappa shape index (κ3) is 2.65. The van der Waals surface area contributed by atoms with Crippen molar-refractivity contribution < 1.29 is 9.66 Å². The standard InChI is InChI=1S/C20H12ClN3O3/c21-16-9-12(24(25)26)6-7-14(16)18-15(10-22)20(23)27-17-8-5-11-3-1-2-4-13(11)19(17)18/h1-9,18H,23H2/t18-/m0/s1. The first kappa shape index (κ1) is 16.9. The van der Waals surface area contributed by atoms with E-state index >= 15 is 0 Å². The lowest BCUT2D eigenvalue weighted by Gasteiger charge is -2.28. The maximum Gasteiger partial charge on any atom is 0.270 e. The first-order valence-electron chi connectivity index (χ1n) is 8.04. The lowest BCUT2D eigenvalue weighted by atomic mass is 9.81. The molecule has 1 heterocycles. The molecule has 7 heteroatoms. The van der Waals surface area contributed by atoms with Crippen molar-refractivity contribution in [2.45, 2.75) is 5.92 Å². The van der Waals surface area contributed by atoms with Gasteiger partial charge in [0.05, 0.1) is 15.9 Å². The summed E-state index contributed by atoms with van der Waals surface area (Å²) in [5, 5.41) is 22.8. The van der Waals surface area contributed by atoms with Crippen molar-refractivity contribution in [3.63, 3.8) is 0 Å². The zero-order chi connectivity index (χ0) is 19.1. The van der Waals surface area contributed by atoms with Crippen LogP contribution in [-0.4, -0.2) is 4.92 Å². The number of hydrogen-bond donors (Lipinski definition) is 1. The molecular weight excluding hydrogens is 366 g/mol. The molecule has 1 aliphatic rings. The van der Waals surface area contributed by atoms with E-state index in [9.17, 15) is 15.4 Å². The highest BCUT2D eigenvalue weighted by Crippen LogP contribution is 2.47. The lowest BCUT2D eigenvalue weighted by molar-refractivity contribution is -0.384. The van der Waals surface area contributed by atoms with E-state index in [-0.39, 0.29) is 22.2 Å². The smallest absolute Gasteiger partial charge is 0.270 e. The first-order chi connectivity index (χ1) is 13.0. The van der Waals surface area contributed by atoms with Gasteiger partial charge in [0.2, 0.25) is 5.88 Å². The first-order valence-corrected chi connectivity index (χ1v) is 8.42. The van der Waals surface area contributed by atoms with Gasteiger partial charge in [-0.05, 0) is 28.5 Å². The summed E-state index contributed by atoms with van der Waals surface area (Å²) >= 11 is 6.38. The number of ether oxygens (including phenoxy) is 1. The van der Waals surface area contributed by atoms with Gasteiger partial charge in [0.1, 0.15) is 17.4 Å². The monoisotopic (exact) mass is 377 g/mol. The number of fused-ring (bicyclic) bond motifs is 3. The zero-order valence-electron chi connectivity index (χ0n) is 13.8. The molecule has 6 nitrogen and oxygen atoms in total. The van der Waals surface area contributed by atoms with Crippen LogP contribution < -0.4 is 10.5 Å². The number of halogens is 1. The largest absolute Gasteiger partial charge is 0.440 e. The fourth-order valence-corrected chi connectivity index (χ4v) is 3.70. The van der Waals surface area contributed by atoms with Crippen LogP contribution in [0.3, 0.4) is 0 Å². The van der Waals surface area contributed by atoms with Gasteiger partial charge in [0.25, 0.3) is 5.69 Å². The van der Waals surface area contributed by atoms with Gasteiger partial charge >= 0.3 is 0 Å². The van der Waals surface area contributed by atoms with E-state index in [1.807, 2.05) is 30.3 Å². The molecule has 0 radical (unpaired) electrons. The minimum Gasteiger partial charge on any atom is -0.440 e. The molecule has 0 bridgehead atoms. The van der Waals surface area contributed by atoms with E-state index < -0.39 is 10.8 Å². The molecule has 0 fully saturated rings. The van der Waals surface area contributed by atoms with Gasteiger partial charge in [-0.1, -0.05) is 41.9 Å². The molecule has 1 aliphatic heterocycles. The van der Waals surface area contributed by atoms with E-state index in [1.165, 1.54) is 12.1 Å². The third-order valence-corrected chi connectivity index (χ3v) is 4.95. The van der Waals surface area contributed by atoms with Crippen LogP contribution in [0.4, 0.5) is 5.69 Å². The summed E-state index contributed by atoms with van der Waals surface area (Å²) in [7, 11) is 0. The van der Waals surface area contributed by atoms with Crippen LogP contribution in [0.2, 0.25) is 5.02 Å². The number of benzene rings is 3. The summed E-state index contributed by atoms with van der Waals surface area (Å²) in [6.45, 7) is 0. The number of hydrogen-bond acceptors (Lipinski definition) is 5. The Hall–Kier alpha value is -3.56. The summed E-state index contributed by atoms with van der Waals surface area (Å²) in [6, 6.07) is 17.7. The molecule has 0 saturated heterocycles. The van der Waals surface area contributed by atoms with Gasteiger partial charge in [-0.3, -0.25) is 10.1 Å². The fourth-order valence-electron chi connectivity index (χ4n) is 3.42. The van der Waals surface area contributed by atoms with Crippen molar-refractivity contribution in [1.29, 1.82) is 5.26 Å². The quantitative estimate of drug-likeness (QED) is 0.518.